The number of hydrogen-bond donors (Lipinski definition) is 1. The number of ether oxygens (including phenoxy) is 2. The monoisotopic (exact) mass is 1050 g/mol. The van der Waals surface area contributed by atoms with E-state index in [0.29, 0.717) is 5.75 Å². The van der Waals surface area contributed by atoms with Crippen molar-refractivity contribution in [2.75, 3.05) is 52.5 Å². The lowest BCUT2D eigenvalue weighted by Crippen LogP contribution is -2.43. The van der Waals surface area contributed by atoms with Crippen LogP contribution in [0.25, 0.3) is 44.3 Å². The molecule has 8 aromatic rings. The van der Waals surface area contributed by atoms with Crippen molar-refractivity contribution in [2.24, 2.45) is 0 Å². The Morgan fingerprint density at radius 2 is 0.960 bits per heavy atom. The molecule has 75 heavy (non-hydrogen) atoms. The third-order valence-electron chi connectivity index (χ3n) is 16.3. The van der Waals surface area contributed by atoms with Crippen molar-refractivity contribution >= 4 is 53.6 Å². The number of rotatable bonds is 14. The van der Waals surface area contributed by atoms with E-state index in [1.165, 1.54) is 136 Å². The van der Waals surface area contributed by atoms with E-state index in [4.69, 9.17) is 13.9 Å². The molecule has 390 valence electrons. The molecule has 11 heteroatoms. The van der Waals surface area contributed by atoms with Gasteiger partial charge in [-0.25, -0.2) is 0 Å². The van der Waals surface area contributed by atoms with E-state index in [1.807, 2.05) is 35.7 Å². The molecule has 0 saturated carbocycles. The van der Waals surface area contributed by atoms with Crippen molar-refractivity contribution < 1.29 is 19.0 Å². The maximum atomic E-state index is 10.2. The maximum Gasteiger partial charge on any atom is 0.250 e. The second-order valence-electron chi connectivity index (χ2n) is 22.4. The number of piperidine rings is 2. The number of benzene rings is 6. The smallest absolute Gasteiger partial charge is 0.250 e. The molecular formula is C64H74N4O4S2Si. The highest BCUT2D eigenvalue weighted by Gasteiger charge is 2.39. The van der Waals surface area contributed by atoms with Crippen LogP contribution in [0.1, 0.15) is 81.5 Å². The molecule has 0 amide bonds. The van der Waals surface area contributed by atoms with Crippen LogP contribution in [-0.4, -0.2) is 84.8 Å². The van der Waals surface area contributed by atoms with Gasteiger partial charge in [-0.1, -0.05) is 94.3 Å². The number of thioether (sulfide) groups is 2. The van der Waals surface area contributed by atoms with E-state index >= 15 is 0 Å². The third-order valence-corrected chi connectivity index (χ3v) is 22.8. The van der Waals surface area contributed by atoms with Crippen molar-refractivity contribution in [3.8, 4) is 45.5 Å². The number of likely N-dealkylation sites (tertiary alicyclic amines) is 2. The van der Waals surface area contributed by atoms with E-state index < -0.39 is 8.32 Å². The quantitative estimate of drug-likeness (QED) is 0.108. The standard InChI is InChI=1S/C35H44N2O2SSi.C29H30N2O2S/c1-35(2,3)41(4,5)39-28-17-18-32-30(23-28)31-25-40-33-12-8-7-11-29(33)34(31)37(32)24-26-13-15-27(16-14-26)38-22-21-36-19-9-6-10-20-36;32-22-10-13-27-25(18-22)26-20-34-28-7-3-2-6-24(28)29(26)31(27)19-21-8-11-23(12-9-21)33-17-16-30-14-4-1-5-15-30/h7-8,11-18,23H,6,9-10,19-22,24-25H2,1-5H3;2-3,6-13,18,32H,1,4-5,14-17,19-20H2. The van der Waals surface area contributed by atoms with Crippen molar-refractivity contribution in [1.82, 2.24) is 18.9 Å². The molecule has 4 aliphatic rings. The Labute approximate surface area is 454 Å². The Morgan fingerprint density at radius 1 is 0.520 bits per heavy atom. The molecule has 8 nitrogen and oxygen atoms in total. The van der Waals surface area contributed by atoms with E-state index in [-0.39, 0.29) is 5.04 Å². The van der Waals surface area contributed by atoms with Crippen LogP contribution in [0.5, 0.6) is 23.0 Å². The first-order chi connectivity index (χ1) is 36.5. The van der Waals surface area contributed by atoms with Crippen LogP contribution in [0.15, 0.2) is 143 Å². The molecule has 1 N–H and O–H groups in total. The van der Waals surface area contributed by atoms with E-state index in [0.717, 1.165) is 73.5 Å². The number of phenols is 1. The summed E-state index contributed by atoms with van der Waals surface area (Å²) in [7, 11) is -1.93. The first-order valence-corrected chi connectivity index (χ1v) is 32.3. The zero-order valence-corrected chi connectivity index (χ0v) is 47.3. The van der Waals surface area contributed by atoms with Gasteiger partial charge in [0.15, 0.2) is 0 Å². The van der Waals surface area contributed by atoms with Crippen LogP contribution in [0.3, 0.4) is 0 Å². The Bertz CT molecular complexity index is 3260. The molecule has 0 aliphatic carbocycles. The zero-order chi connectivity index (χ0) is 51.5. The van der Waals surface area contributed by atoms with Gasteiger partial charge in [0, 0.05) is 80.4 Å². The molecule has 2 fully saturated rings. The summed E-state index contributed by atoms with van der Waals surface area (Å²) in [5.74, 6) is 5.11. The molecule has 0 radical (unpaired) electrons. The Hall–Kier alpha value is -5.56. The largest absolute Gasteiger partial charge is 0.543 e. The van der Waals surface area contributed by atoms with Gasteiger partial charge in [-0.3, -0.25) is 9.80 Å². The average molecular weight is 1060 g/mol. The zero-order valence-electron chi connectivity index (χ0n) is 44.7. The lowest BCUT2D eigenvalue weighted by atomic mass is 10.1. The van der Waals surface area contributed by atoms with E-state index in [2.05, 4.69) is 168 Å². The predicted molar refractivity (Wildman–Crippen MR) is 316 cm³/mol. The van der Waals surface area contributed by atoms with Gasteiger partial charge in [0.1, 0.15) is 36.2 Å². The van der Waals surface area contributed by atoms with E-state index in [9.17, 15) is 5.11 Å². The SMILES string of the molecule is CC(C)(C)[Si](C)(C)Oc1ccc2c(c1)c1c(n2Cc2ccc(OCCN3CCCCC3)cc2)-c2ccccc2SC1.Oc1ccc2c(c1)c1c(n2Cc2ccc(OCCN3CCCCC3)cc2)-c2ccccc2SC1. The molecule has 6 heterocycles. The summed E-state index contributed by atoms with van der Waals surface area (Å²) in [4.78, 5) is 7.71. The highest BCUT2D eigenvalue weighted by molar-refractivity contribution is 7.99. The first-order valence-electron chi connectivity index (χ1n) is 27.5. The molecule has 2 saturated heterocycles. The molecule has 0 spiro atoms. The fourth-order valence-electron chi connectivity index (χ4n) is 11.1. The predicted octanol–water partition coefficient (Wildman–Crippen LogP) is 15.7. The summed E-state index contributed by atoms with van der Waals surface area (Å²) in [5.41, 5.74) is 12.9. The summed E-state index contributed by atoms with van der Waals surface area (Å²) >= 11 is 3.82. The molecule has 0 unspecified atom stereocenters. The minimum absolute atomic E-state index is 0.158. The minimum atomic E-state index is -1.93. The molecule has 4 aliphatic heterocycles. The average Bonchev–Trinajstić information content (AvgIpc) is 3.94. The van der Waals surface area contributed by atoms with Crippen molar-refractivity contribution in [3.05, 3.63) is 156 Å². The first kappa shape index (κ1) is 51.5. The molecule has 0 bridgehead atoms. The number of fused-ring (bicyclic) bond motifs is 10. The highest BCUT2D eigenvalue weighted by atomic mass is 32.2. The van der Waals surface area contributed by atoms with Gasteiger partial charge >= 0.3 is 0 Å². The van der Waals surface area contributed by atoms with Gasteiger partial charge in [0.05, 0.1) is 11.4 Å². The minimum Gasteiger partial charge on any atom is -0.543 e. The van der Waals surface area contributed by atoms with Gasteiger partial charge in [-0.05, 0) is 165 Å². The highest BCUT2D eigenvalue weighted by Crippen LogP contribution is 2.49. The van der Waals surface area contributed by atoms with Crippen molar-refractivity contribution in [3.63, 3.8) is 0 Å². The molecule has 2 aromatic heterocycles. The number of aromatic hydroxyl groups is 1. The Balaban J connectivity index is 0.000000163. The summed E-state index contributed by atoms with van der Waals surface area (Å²) in [6.45, 7) is 21.5. The molecular weight excluding hydrogens is 981 g/mol. The van der Waals surface area contributed by atoms with Gasteiger partial charge < -0.3 is 28.1 Å². The van der Waals surface area contributed by atoms with Crippen LogP contribution < -0.4 is 13.9 Å². The number of hydrogen-bond acceptors (Lipinski definition) is 8. The normalized spacial score (nSPS) is 15.9. The van der Waals surface area contributed by atoms with Gasteiger partial charge in [-0.15, -0.1) is 23.5 Å². The van der Waals surface area contributed by atoms with Crippen LogP contribution in [0.2, 0.25) is 18.1 Å². The number of nitrogens with zero attached hydrogens (tertiary/aromatic N) is 4. The van der Waals surface area contributed by atoms with Gasteiger partial charge in [-0.2, -0.15) is 0 Å². The summed E-state index contributed by atoms with van der Waals surface area (Å²) < 4.78 is 23.8. The van der Waals surface area contributed by atoms with Crippen LogP contribution >= 0.6 is 23.5 Å². The maximum absolute atomic E-state index is 10.2. The van der Waals surface area contributed by atoms with Gasteiger partial charge in [0.2, 0.25) is 8.32 Å². The number of phenolic OH excluding ortho intramolecular Hbond substituents is 1. The number of aromatic nitrogens is 2. The van der Waals surface area contributed by atoms with Crippen LogP contribution in [0, 0.1) is 0 Å². The second-order valence-corrected chi connectivity index (χ2v) is 29.2. The molecule has 6 aromatic carbocycles. The fraction of sp³-hybridized carbons (Fsp3) is 0.375. The lowest BCUT2D eigenvalue weighted by molar-refractivity contribution is 0.183. The summed E-state index contributed by atoms with van der Waals surface area (Å²) in [6.07, 6.45) is 8.00. The van der Waals surface area contributed by atoms with E-state index in [1.54, 1.807) is 6.07 Å². The van der Waals surface area contributed by atoms with Crippen LogP contribution in [0.4, 0.5) is 0 Å². The Kier molecular flexibility index (Phi) is 15.5. The third kappa shape index (κ3) is 11.4. The summed E-state index contributed by atoms with van der Waals surface area (Å²) in [6, 6.07) is 47.3. The van der Waals surface area contributed by atoms with Crippen LogP contribution in [-0.2, 0) is 24.6 Å². The summed E-state index contributed by atoms with van der Waals surface area (Å²) in [5, 5.41) is 12.8. The fourth-order valence-corrected chi connectivity index (χ4v) is 14.3. The topological polar surface area (TPSA) is 64.3 Å². The Morgan fingerprint density at radius 3 is 1.44 bits per heavy atom. The second kappa shape index (κ2) is 22.6. The molecule has 12 rings (SSSR count). The lowest BCUT2D eigenvalue weighted by Gasteiger charge is -2.36. The van der Waals surface area contributed by atoms with Crippen molar-refractivity contribution in [2.45, 2.75) is 112 Å². The molecule has 0 atom stereocenters. The van der Waals surface area contributed by atoms with Crippen molar-refractivity contribution in [1.29, 1.82) is 0 Å². The van der Waals surface area contributed by atoms with Gasteiger partial charge in [0.25, 0.3) is 0 Å².